The summed E-state index contributed by atoms with van der Waals surface area (Å²) in [4.78, 5) is 4.09. The summed E-state index contributed by atoms with van der Waals surface area (Å²) < 4.78 is 19.0. The van der Waals surface area contributed by atoms with E-state index in [1.807, 2.05) is 13.0 Å². The number of hydrogen-bond donors (Lipinski definition) is 1. The topological polar surface area (TPSA) is 48.1 Å². The molecule has 0 saturated carbocycles. The van der Waals surface area contributed by atoms with Crippen molar-refractivity contribution in [3.05, 3.63) is 46.4 Å². The number of anilines is 1. The fraction of sp³-hybridized carbons (Fsp3) is 0.0833. The molecule has 0 fully saturated rings. The van der Waals surface area contributed by atoms with E-state index in [-0.39, 0.29) is 5.69 Å². The van der Waals surface area contributed by atoms with Crippen LogP contribution in [0.2, 0.25) is 0 Å². The monoisotopic (exact) mass is 296 g/mol. The number of pyridine rings is 1. The van der Waals surface area contributed by atoms with Crippen LogP contribution in [-0.4, -0.2) is 4.98 Å². The van der Waals surface area contributed by atoms with Gasteiger partial charge in [0.05, 0.1) is 16.4 Å². The largest absolute Gasteiger partial charge is 0.454 e. The number of aromatic nitrogens is 1. The Labute approximate surface area is 107 Å². The number of nitrogens with two attached hydrogens (primary N) is 1. The molecular weight excluding hydrogens is 287 g/mol. The lowest BCUT2D eigenvalue weighted by atomic mass is 10.3. The van der Waals surface area contributed by atoms with Gasteiger partial charge in [-0.2, -0.15) is 0 Å². The first-order valence-corrected chi connectivity index (χ1v) is 5.70. The second kappa shape index (κ2) is 4.71. The van der Waals surface area contributed by atoms with E-state index < -0.39 is 5.82 Å². The molecule has 1 heterocycles. The summed E-state index contributed by atoms with van der Waals surface area (Å²) in [5.74, 6) is 0.529. The van der Waals surface area contributed by atoms with Crippen molar-refractivity contribution in [2.24, 2.45) is 0 Å². The third-order valence-electron chi connectivity index (χ3n) is 2.16. The number of nitrogen functional groups attached to an aromatic ring is 1. The number of ether oxygens (including phenoxy) is 1. The second-order valence-electron chi connectivity index (χ2n) is 3.54. The average molecular weight is 297 g/mol. The van der Waals surface area contributed by atoms with E-state index in [1.54, 1.807) is 12.3 Å². The van der Waals surface area contributed by atoms with E-state index in [0.29, 0.717) is 16.0 Å². The molecule has 0 bridgehead atoms. The summed E-state index contributed by atoms with van der Waals surface area (Å²) in [6.07, 6.45) is 1.59. The van der Waals surface area contributed by atoms with Gasteiger partial charge in [0.1, 0.15) is 11.6 Å². The molecular formula is C12H10BrFN2O. The van der Waals surface area contributed by atoms with Crippen LogP contribution in [0.1, 0.15) is 5.69 Å². The standard InChI is InChI=1S/C12H10BrFN2O/c1-7-2-3-8(6-16-7)17-12-4-9(13)10(14)5-11(12)15/h2-6H,15H2,1H3. The highest BCUT2D eigenvalue weighted by atomic mass is 79.9. The lowest BCUT2D eigenvalue weighted by Gasteiger charge is -2.09. The summed E-state index contributed by atoms with van der Waals surface area (Å²) in [6.45, 7) is 1.88. The maximum Gasteiger partial charge on any atom is 0.151 e. The fourth-order valence-electron chi connectivity index (χ4n) is 1.27. The molecule has 2 rings (SSSR count). The quantitative estimate of drug-likeness (QED) is 0.860. The van der Waals surface area contributed by atoms with E-state index in [0.717, 1.165) is 5.69 Å². The van der Waals surface area contributed by atoms with Gasteiger partial charge in [0.2, 0.25) is 0 Å². The highest BCUT2D eigenvalue weighted by Crippen LogP contribution is 2.31. The van der Waals surface area contributed by atoms with Gasteiger partial charge in [0.25, 0.3) is 0 Å². The molecule has 0 amide bonds. The Kier molecular flexibility index (Phi) is 3.28. The first kappa shape index (κ1) is 11.9. The summed E-state index contributed by atoms with van der Waals surface area (Å²) in [7, 11) is 0. The third-order valence-corrected chi connectivity index (χ3v) is 2.77. The van der Waals surface area contributed by atoms with Gasteiger partial charge in [-0.05, 0) is 35.0 Å². The molecule has 2 N–H and O–H groups in total. The molecule has 2 aromatic rings. The average Bonchev–Trinajstić information content (AvgIpc) is 2.29. The van der Waals surface area contributed by atoms with Crippen LogP contribution in [0.25, 0.3) is 0 Å². The second-order valence-corrected chi connectivity index (χ2v) is 4.40. The lowest BCUT2D eigenvalue weighted by Crippen LogP contribution is -1.94. The summed E-state index contributed by atoms with van der Waals surface area (Å²) in [6, 6.07) is 6.30. The Hall–Kier alpha value is -1.62. The van der Waals surface area contributed by atoms with Crippen LogP contribution in [0, 0.1) is 12.7 Å². The molecule has 0 saturated heterocycles. The molecule has 17 heavy (non-hydrogen) atoms. The number of aryl methyl sites for hydroxylation is 1. The van der Waals surface area contributed by atoms with Gasteiger partial charge in [-0.25, -0.2) is 4.39 Å². The van der Waals surface area contributed by atoms with Crippen LogP contribution < -0.4 is 10.5 Å². The van der Waals surface area contributed by atoms with Crippen LogP contribution >= 0.6 is 15.9 Å². The van der Waals surface area contributed by atoms with Gasteiger partial charge >= 0.3 is 0 Å². The molecule has 3 nitrogen and oxygen atoms in total. The number of hydrogen-bond acceptors (Lipinski definition) is 3. The van der Waals surface area contributed by atoms with Gasteiger partial charge in [0.15, 0.2) is 5.75 Å². The minimum Gasteiger partial charge on any atom is -0.454 e. The van der Waals surface area contributed by atoms with Gasteiger partial charge in [-0.1, -0.05) is 0 Å². The van der Waals surface area contributed by atoms with Gasteiger partial charge < -0.3 is 10.5 Å². The Morgan fingerprint density at radius 2 is 2.12 bits per heavy atom. The van der Waals surface area contributed by atoms with Crippen molar-refractivity contribution in [3.8, 4) is 11.5 Å². The highest BCUT2D eigenvalue weighted by Gasteiger charge is 2.08. The Morgan fingerprint density at radius 3 is 2.76 bits per heavy atom. The van der Waals surface area contributed by atoms with Crippen molar-refractivity contribution >= 4 is 21.6 Å². The molecule has 0 aliphatic rings. The molecule has 0 radical (unpaired) electrons. The molecule has 0 unspecified atom stereocenters. The van der Waals surface area contributed by atoms with Crippen LogP contribution in [0.15, 0.2) is 34.9 Å². The third kappa shape index (κ3) is 2.74. The lowest BCUT2D eigenvalue weighted by molar-refractivity contribution is 0.480. The molecule has 1 aromatic carbocycles. The Bertz CT molecular complexity index is 543. The van der Waals surface area contributed by atoms with Crippen molar-refractivity contribution in [3.63, 3.8) is 0 Å². The molecule has 88 valence electrons. The summed E-state index contributed by atoms with van der Waals surface area (Å²) >= 11 is 3.08. The van der Waals surface area contributed by atoms with E-state index >= 15 is 0 Å². The zero-order chi connectivity index (χ0) is 12.4. The number of rotatable bonds is 2. The van der Waals surface area contributed by atoms with Crippen LogP contribution in [-0.2, 0) is 0 Å². The van der Waals surface area contributed by atoms with E-state index in [4.69, 9.17) is 10.5 Å². The SMILES string of the molecule is Cc1ccc(Oc2cc(Br)c(F)cc2N)cn1. The van der Waals surface area contributed by atoms with Gasteiger partial charge in [-0.3, -0.25) is 4.98 Å². The molecule has 0 atom stereocenters. The minimum absolute atomic E-state index is 0.242. The first-order valence-electron chi connectivity index (χ1n) is 4.91. The van der Waals surface area contributed by atoms with Gasteiger partial charge in [0, 0.05) is 17.8 Å². The zero-order valence-corrected chi connectivity index (χ0v) is 10.7. The van der Waals surface area contributed by atoms with E-state index in [9.17, 15) is 4.39 Å². The molecule has 0 aliphatic carbocycles. The van der Waals surface area contributed by atoms with Crippen molar-refractivity contribution in [2.45, 2.75) is 6.92 Å². The number of benzene rings is 1. The van der Waals surface area contributed by atoms with Crippen LogP contribution in [0.4, 0.5) is 10.1 Å². The summed E-state index contributed by atoms with van der Waals surface area (Å²) in [5.41, 5.74) is 6.80. The first-order chi connectivity index (χ1) is 8.06. The van der Waals surface area contributed by atoms with E-state index in [1.165, 1.54) is 12.1 Å². The van der Waals surface area contributed by atoms with Crippen molar-refractivity contribution in [2.75, 3.05) is 5.73 Å². The zero-order valence-electron chi connectivity index (χ0n) is 9.08. The van der Waals surface area contributed by atoms with E-state index in [2.05, 4.69) is 20.9 Å². The number of halogens is 2. The molecule has 5 heteroatoms. The maximum atomic E-state index is 13.2. The van der Waals surface area contributed by atoms with Crippen LogP contribution in [0.5, 0.6) is 11.5 Å². The highest BCUT2D eigenvalue weighted by molar-refractivity contribution is 9.10. The van der Waals surface area contributed by atoms with Crippen molar-refractivity contribution in [1.82, 2.24) is 4.98 Å². The normalized spacial score (nSPS) is 10.3. The molecule has 0 spiro atoms. The van der Waals surface area contributed by atoms with Crippen LogP contribution in [0.3, 0.4) is 0 Å². The smallest absolute Gasteiger partial charge is 0.151 e. The van der Waals surface area contributed by atoms with Gasteiger partial charge in [-0.15, -0.1) is 0 Å². The van der Waals surface area contributed by atoms with Crippen molar-refractivity contribution < 1.29 is 9.13 Å². The predicted molar refractivity (Wildman–Crippen MR) is 67.6 cm³/mol. The summed E-state index contributed by atoms with van der Waals surface area (Å²) in [5, 5.41) is 0. The Morgan fingerprint density at radius 1 is 1.35 bits per heavy atom. The Balaban J connectivity index is 2.30. The maximum absolute atomic E-state index is 13.2. The minimum atomic E-state index is -0.420. The molecule has 0 aliphatic heterocycles. The predicted octanol–water partition coefficient (Wildman–Crippen LogP) is 3.67. The molecule has 1 aromatic heterocycles. The number of nitrogens with zero attached hydrogens (tertiary/aromatic N) is 1. The fourth-order valence-corrected chi connectivity index (χ4v) is 1.60. The van der Waals surface area contributed by atoms with Crippen molar-refractivity contribution in [1.29, 1.82) is 0 Å².